The first kappa shape index (κ1) is 17.9. The minimum absolute atomic E-state index is 0.00946. The molecule has 3 nitrogen and oxygen atoms in total. The van der Waals surface area contributed by atoms with Crippen molar-refractivity contribution in [2.45, 2.75) is 39.5 Å². The van der Waals surface area contributed by atoms with Crippen molar-refractivity contribution >= 4 is 17.4 Å². The van der Waals surface area contributed by atoms with E-state index in [2.05, 4.69) is 5.32 Å². The fourth-order valence-electron chi connectivity index (χ4n) is 2.71. The summed E-state index contributed by atoms with van der Waals surface area (Å²) in [6, 6.07) is 19.2. The molecule has 0 heterocycles. The van der Waals surface area contributed by atoms with Crippen LogP contribution < -0.4 is 5.32 Å². The molecule has 3 heteroatoms. The summed E-state index contributed by atoms with van der Waals surface area (Å²) >= 11 is 0. The lowest BCUT2D eigenvalue weighted by molar-refractivity contribution is -0.121. The number of rotatable bonds is 8. The largest absolute Gasteiger partial charge is 0.326 e. The summed E-state index contributed by atoms with van der Waals surface area (Å²) in [6.45, 7) is 4.09. The van der Waals surface area contributed by atoms with Crippen molar-refractivity contribution in [3.05, 3.63) is 66.2 Å². The highest BCUT2D eigenvalue weighted by atomic mass is 16.1. The van der Waals surface area contributed by atoms with E-state index < -0.39 is 0 Å². The van der Waals surface area contributed by atoms with E-state index in [1.807, 2.05) is 74.5 Å². The van der Waals surface area contributed by atoms with Crippen molar-refractivity contribution in [3.63, 3.8) is 0 Å². The van der Waals surface area contributed by atoms with Crippen LogP contribution in [0.2, 0.25) is 0 Å². The van der Waals surface area contributed by atoms with Crippen molar-refractivity contribution < 1.29 is 9.59 Å². The molecule has 0 aromatic heterocycles. The summed E-state index contributed by atoms with van der Waals surface area (Å²) in [4.78, 5) is 24.3. The van der Waals surface area contributed by atoms with Gasteiger partial charge in [0.1, 0.15) is 5.78 Å². The van der Waals surface area contributed by atoms with Gasteiger partial charge in [-0.25, -0.2) is 0 Å². The van der Waals surface area contributed by atoms with Crippen LogP contribution >= 0.6 is 0 Å². The second-order valence-electron chi connectivity index (χ2n) is 6.96. The fourth-order valence-corrected chi connectivity index (χ4v) is 2.71. The van der Waals surface area contributed by atoms with Crippen molar-refractivity contribution in [1.29, 1.82) is 0 Å². The zero-order valence-corrected chi connectivity index (χ0v) is 14.4. The average Bonchev–Trinajstić information content (AvgIpc) is 2.54. The highest BCUT2D eigenvalue weighted by Gasteiger charge is 2.23. The molecule has 1 amide bonds. The zero-order chi connectivity index (χ0) is 17.4. The lowest BCUT2D eigenvalue weighted by Crippen LogP contribution is -2.21. The second-order valence-corrected chi connectivity index (χ2v) is 6.96. The van der Waals surface area contributed by atoms with E-state index in [4.69, 9.17) is 0 Å². The number of nitrogens with one attached hydrogen (secondary N) is 1. The number of amides is 1. The molecule has 0 unspecified atom stereocenters. The van der Waals surface area contributed by atoms with E-state index in [1.165, 1.54) is 0 Å². The first-order valence-corrected chi connectivity index (χ1v) is 8.35. The number of para-hydroxylation sites is 1. The van der Waals surface area contributed by atoms with E-state index in [9.17, 15) is 9.59 Å². The first-order chi connectivity index (χ1) is 11.4. The van der Waals surface area contributed by atoms with Crippen LogP contribution in [0.3, 0.4) is 0 Å². The Labute approximate surface area is 144 Å². The molecule has 0 radical (unpaired) electrons. The molecule has 0 aliphatic heterocycles. The van der Waals surface area contributed by atoms with Gasteiger partial charge in [0.15, 0.2) is 0 Å². The van der Waals surface area contributed by atoms with Crippen LogP contribution in [-0.4, -0.2) is 11.7 Å². The lowest BCUT2D eigenvalue weighted by Gasteiger charge is -2.23. The Morgan fingerprint density at radius 3 is 2.12 bits per heavy atom. The molecule has 0 fully saturated rings. The summed E-state index contributed by atoms with van der Waals surface area (Å²) in [5.74, 6) is 0.208. The quantitative estimate of drug-likeness (QED) is 0.769. The van der Waals surface area contributed by atoms with Gasteiger partial charge in [-0.05, 0) is 29.5 Å². The van der Waals surface area contributed by atoms with Gasteiger partial charge in [0.05, 0.1) is 0 Å². The van der Waals surface area contributed by atoms with Crippen LogP contribution in [0.25, 0.3) is 0 Å². The molecular weight excluding hydrogens is 298 g/mol. The van der Waals surface area contributed by atoms with Crippen LogP contribution in [0.5, 0.6) is 0 Å². The molecule has 126 valence electrons. The van der Waals surface area contributed by atoms with Gasteiger partial charge in [-0.3, -0.25) is 9.59 Å². The molecule has 0 aliphatic carbocycles. The number of carbonyl (C=O) groups is 2. The van der Waals surface area contributed by atoms with Gasteiger partial charge >= 0.3 is 0 Å². The number of anilines is 1. The Morgan fingerprint density at radius 2 is 1.50 bits per heavy atom. The molecule has 24 heavy (non-hydrogen) atoms. The predicted molar refractivity (Wildman–Crippen MR) is 97.9 cm³/mol. The number of Topliss-reactive ketones (excluding diaryl/α,β-unsaturated/α-hetero) is 1. The average molecular weight is 323 g/mol. The third-order valence-electron chi connectivity index (χ3n) is 4.01. The van der Waals surface area contributed by atoms with Gasteiger partial charge < -0.3 is 5.32 Å². The van der Waals surface area contributed by atoms with E-state index in [0.717, 1.165) is 11.3 Å². The molecule has 2 aromatic rings. The number of carbonyl (C=O) groups excluding carboxylic acids is 2. The van der Waals surface area contributed by atoms with Crippen LogP contribution in [0.4, 0.5) is 5.69 Å². The molecule has 1 N–H and O–H groups in total. The highest BCUT2D eigenvalue weighted by Crippen LogP contribution is 2.28. The Bertz CT molecular complexity index is 663. The summed E-state index contributed by atoms with van der Waals surface area (Å²) in [7, 11) is 0. The second kappa shape index (κ2) is 8.44. The van der Waals surface area contributed by atoms with Gasteiger partial charge in [-0.1, -0.05) is 62.4 Å². The Hall–Kier alpha value is -2.42. The van der Waals surface area contributed by atoms with Crippen molar-refractivity contribution in [3.8, 4) is 0 Å². The van der Waals surface area contributed by atoms with E-state index in [0.29, 0.717) is 25.7 Å². The van der Waals surface area contributed by atoms with E-state index >= 15 is 0 Å². The number of hydrogen-bond acceptors (Lipinski definition) is 2. The summed E-state index contributed by atoms with van der Waals surface area (Å²) < 4.78 is 0. The van der Waals surface area contributed by atoms with E-state index in [-0.39, 0.29) is 17.1 Å². The number of benzene rings is 2. The zero-order valence-electron chi connectivity index (χ0n) is 14.4. The topological polar surface area (TPSA) is 46.2 Å². The maximum absolute atomic E-state index is 12.3. The van der Waals surface area contributed by atoms with Crippen molar-refractivity contribution in [1.82, 2.24) is 0 Å². The standard InChI is InChI=1S/C21H25NO2/c1-21(2,16-19(23)15-17-9-5-3-6-10-17)14-13-20(24)22-18-11-7-4-8-12-18/h3-12H,13-16H2,1-2H3,(H,22,24). The molecular formula is C21H25NO2. The van der Waals surface area contributed by atoms with Gasteiger partial charge in [0.2, 0.25) is 5.91 Å². The summed E-state index contributed by atoms with van der Waals surface area (Å²) in [5, 5.41) is 2.88. The minimum Gasteiger partial charge on any atom is -0.326 e. The monoisotopic (exact) mass is 323 g/mol. The first-order valence-electron chi connectivity index (χ1n) is 8.35. The van der Waals surface area contributed by atoms with Gasteiger partial charge in [0, 0.05) is 24.9 Å². The van der Waals surface area contributed by atoms with E-state index in [1.54, 1.807) is 0 Å². The van der Waals surface area contributed by atoms with Crippen molar-refractivity contribution in [2.75, 3.05) is 5.32 Å². The third kappa shape index (κ3) is 6.37. The Kier molecular flexibility index (Phi) is 6.30. The minimum atomic E-state index is -0.181. The molecule has 0 aliphatic rings. The third-order valence-corrected chi connectivity index (χ3v) is 4.01. The summed E-state index contributed by atoms with van der Waals surface area (Å²) in [6.07, 6.45) is 2.05. The predicted octanol–water partition coefficient (Wildman–Crippen LogP) is 4.63. The molecule has 0 bridgehead atoms. The Balaban J connectivity index is 1.78. The van der Waals surface area contributed by atoms with Crippen LogP contribution in [-0.2, 0) is 16.0 Å². The molecule has 0 saturated carbocycles. The fraction of sp³-hybridized carbons (Fsp3) is 0.333. The van der Waals surface area contributed by atoms with Gasteiger partial charge in [-0.2, -0.15) is 0 Å². The molecule has 0 atom stereocenters. The van der Waals surface area contributed by atoms with Crippen molar-refractivity contribution in [2.24, 2.45) is 5.41 Å². The highest BCUT2D eigenvalue weighted by molar-refractivity contribution is 5.90. The van der Waals surface area contributed by atoms with Crippen LogP contribution in [0.1, 0.15) is 38.7 Å². The van der Waals surface area contributed by atoms with Crippen LogP contribution in [0, 0.1) is 5.41 Å². The molecule has 2 rings (SSSR count). The number of ketones is 1. The SMILES string of the molecule is CC(C)(CCC(=O)Nc1ccccc1)CC(=O)Cc1ccccc1. The maximum Gasteiger partial charge on any atom is 0.224 e. The number of hydrogen-bond donors (Lipinski definition) is 1. The molecule has 0 saturated heterocycles. The normalized spacial score (nSPS) is 11.1. The lowest BCUT2D eigenvalue weighted by atomic mass is 9.81. The van der Waals surface area contributed by atoms with Gasteiger partial charge in [0.25, 0.3) is 0 Å². The molecule has 0 spiro atoms. The smallest absolute Gasteiger partial charge is 0.224 e. The van der Waals surface area contributed by atoms with Gasteiger partial charge in [-0.15, -0.1) is 0 Å². The molecule has 2 aromatic carbocycles. The maximum atomic E-state index is 12.3. The Morgan fingerprint density at radius 1 is 0.917 bits per heavy atom. The summed E-state index contributed by atoms with van der Waals surface area (Å²) in [5.41, 5.74) is 1.67. The van der Waals surface area contributed by atoms with Crippen LogP contribution in [0.15, 0.2) is 60.7 Å².